The first-order valence-corrected chi connectivity index (χ1v) is 6.52. The molecule has 1 heterocycles. The number of nitrogens with zero attached hydrogens (tertiary/aromatic N) is 2. The van der Waals surface area contributed by atoms with Gasteiger partial charge in [0.05, 0.1) is 11.6 Å². The van der Waals surface area contributed by atoms with Crippen LogP contribution in [0, 0.1) is 6.92 Å². The Balaban J connectivity index is 2.25. The van der Waals surface area contributed by atoms with E-state index in [1.807, 2.05) is 7.05 Å². The number of benzene rings is 1. The zero-order valence-corrected chi connectivity index (χ0v) is 11.5. The van der Waals surface area contributed by atoms with Crippen molar-refractivity contribution in [3.05, 3.63) is 29.3 Å². The van der Waals surface area contributed by atoms with Crippen molar-refractivity contribution in [1.82, 2.24) is 9.80 Å². The Kier molecular flexibility index (Phi) is 4.07. The summed E-state index contributed by atoms with van der Waals surface area (Å²) in [4.78, 5) is 16.5. The van der Waals surface area contributed by atoms with Gasteiger partial charge in [0.2, 0.25) is 0 Å². The molecule has 1 atom stereocenters. The Morgan fingerprint density at radius 3 is 2.89 bits per heavy atom. The van der Waals surface area contributed by atoms with Crippen LogP contribution in [0.3, 0.4) is 0 Å². The number of hydrogen-bond acceptors (Lipinski definition) is 4. The third-order valence-electron chi connectivity index (χ3n) is 3.69. The third kappa shape index (κ3) is 2.72. The second-order valence-corrected chi connectivity index (χ2v) is 5.12. The summed E-state index contributed by atoms with van der Waals surface area (Å²) >= 11 is 0. The van der Waals surface area contributed by atoms with Crippen molar-refractivity contribution in [2.45, 2.75) is 13.0 Å². The average molecular weight is 263 g/mol. The Bertz CT molecular complexity index is 476. The van der Waals surface area contributed by atoms with E-state index in [9.17, 15) is 9.90 Å². The van der Waals surface area contributed by atoms with E-state index in [4.69, 9.17) is 5.73 Å². The molecular weight excluding hydrogens is 242 g/mol. The number of piperazine rings is 1. The zero-order valence-electron chi connectivity index (χ0n) is 11.5. The highest BCUT2D eigenvalue weighted by Crippen LogP contribution is 2.24. The maximum atomic E-state index is 12.5. The van der Waals surface area contributed by atoms with Gasteiger partial charge in [0.25, 0.3) is 5.91 Å². The highest BCUT2D eigenvalue weighted by atomic mass is 16.3. The van der Waals surface area contributed by atoms with Crippen molar-refractivity contribution < 1.29 is 9.90 Å². The lowest BCUT2D eigenvalue weighted by molar-refractivity contribution is 0.0513. The van der Waals surface area contributed by atoms with Crippen LogP contribution in [-0.4, -0.2) is 60.1 Å². The summed E-state index contributed by atoms with van der Waals surface area (Å²) in [6.45, 7) is 4.47. The molecule has 5 nitrogen and oxygen atoms in total. The number of nitrogens with two attached hydrogens (primary N) is 1. The van der Waals surface area contributed by atoms with Crippen LogP contribution in [0.5, 0.6) is 5.75 Å². The standard InChI is InChI=1S/C14H21N3O2/c1-10-4-3-5-12(13(10)18)14(19)17-7-6-16(2)9-11(17)8-15/h3-5,11,18H,6-9,15H2,1-2H3. The Hall–Kier alpha value is -1.59. The number of aryl methyl sites for hydroxylation is 1. The Morgan fingerprint density at radius 2 is 2.21 bits per heavy atom. The zero-order chi connectivity index (χ0) is 14.0. The molecule has 19 heavy (non-hydrogen) atoms. The van der Waals surface area contributed by atoms with Gasteiger partial charge in [-0.25, -0.2) is 0 Å². The van der Waals surface area contributed by atoms with Crippen molar-refractivity contribution in [2.75, 3.05) is 33.2 Å². The first-order valence-electron chi connectivity index (χ1n) is 6.52. The monoisotopic (exact) mass is 263 g/mol. The molecule has 1 fully saturated rings. The van der Waals surface area contributed by atoms with E-state index < -0.39 is 0 Å². The van der Waals surface area contributed by atoms with Crippen LogP contribution in [0.15, 0.2) is 18.2 Å². The maximum absolute atomic E-state index is 12.5. The summed E-state index contributed by atoms with van der Waals surface area (Å²) in [5.41, 5.74) is 6.83. The third-order valence-corrected chi connectivity index (χ3v) is 3.69. The number of carbonyl (C=O) groups excluding carboxylic acids is 1. The largest absolute Gasteiger partial charge is 0.507 e. The van der Waals surface area contributed by atoms with Gasteiger partial charge in [0, 0.05) is 26.2 Å². The molecule has 1 saturated heterocycles. The van der Waals surface area contributed by atoms with Crippen LogP contribution in [0.2, 0.25) is 0 Å². The van der Waals surface area contributed by atoms with Gasteiger partial charge < -0.3 is 20.6 Å². The fourth-order valence-electron chi connectivity index (χ4n) is 2.47. The van der Waals surface area contributed by atoms with Gasteiger partial charge >= 0.3 is 0 Å². The van der Waals surface area contributed by atoms with Gasteiger partial charge in [-0.2, -0.15) is 0 Å². The van der Waals surface area contributed by atoms with Crippen LogP contribution in [0.25, 0.3) is 0 Å². The van der Waals surface area contributed by atoms with E-state index >= 15 is 0 Å². The molecule has 104 valence electrons. The van der Waals surface area contributed by atoms with Crippen LogP contribution < -0.4 is 5.73 Å². The number of aromatic hydroxyl groups is 1. The first kappa shape index (κ1) is 13.8. The van der Waals surface area contributed by atoms with Crippen LogP contribution in [0.4, 0.5) is 0 Å². The van der Waals surface area contributed by atoms with E-state index in [0.717, 1.165) is 13.1 Å². The number of amides is 1. The lowest BCUT2D eigenvalue weighted by atomic mass is 10.1. The molecule has 5 heteroatoms. The van der Waals surface area contributed by atoms with E-state index in [2.05, 4.69) is 4.90 Å². The highest BCUT2D eigenvalue weighted by molar-refractivity contribution is 5.97. The number of phenolic OH excluding ortho intramolecular Hbond substituents is 1. The average Bonchev–Trinajstić information content (AvgIpc) is 2.41. The fraction of sp³-hybridized carbons (Fsp3) is 0.500. The highest BCUT2D eigenvalue weighted by Gasteiger charge is 2.30. The fourth-order valence-corrected chi connectivity index (χ4v) is 2.47. The quantitative estimate of drug-likeness (QED) is 0.811. The van der Waals surface area contributed by atoms with Gasteiger partial charge in [0.1, 0.15) is 5.75 Å². The van der Waals surface area contributed by atoms with E-state index in [-0.39, 0.29) is 17.7 Å². The molecule has 0 aliphatic carbocycles. The molecule has 1 amide bonds. The molecule has 1 unspecified atom stereocenters. The minimum Gasteiger partial charge on any atom is -0.507 e. The molecule has 0 saturated carbocycles. The molecule has 3 N–H and O–H groups in total. The van der Waals surface area contributed by atoms with E-state index in [1.165, 1.54) is 0 Å². The molecule has 1 aromatic rings. The molecule has 0 spiro atoms. The first-order chi connectivity index (χ1) is 9.04. The maximum Gasteiger partial charge on any atom is 0.258 e. The van der Waals surface area contributed by atoms with Crippen molar-refractivity contribution in [3.63, 3.8) is 0 Å². The molecule has 0 aromatic heterocycles. The molecule has 1 aromatic carbocycles. The summed E-state index contributed by atoms with van der Waals surface area (Å²) < 4.78 is 0. The summed E-state index contributed by atoms with van der Waals surface area (Å²) in [6, 6.07) is 5.24. The van der Waals surface area contributed by atoms with Gasteiger partial charge in [-0.1, -0.05) is 12.1 Å². The molecule has 2 rings (SSSR count). The number of hydrogen-bond donors (Lipinski definition) is 2. The van der Waals surface area contributed by atoms with Gasteiger partial charge in [-0.3, -0.25) is 4.79 Å². The molecular formula is C14H21N3O2. The van der Waals surface area contributed by atoms with Crippen molar-refractivity contribution in [2.24, 2.45) is 5.73 Å². The molecule has 0 bridgehead atoms. The Morgan fingerprint density at radius 1 is 1.47 bits per heavy atom. The molecule has 1 aliphatic rings. The predicted molar refractivity (Wildman–Crippen MR) is 74.2 cm³/mol. The normalized spacial score (nSPS) is 20.6. The smallest absolute Gasteiger partial charge is 0.258 e. The summed E-state index contributed by atoms with van der Waals surface area (Å²) in [5.74, 6) is -0.0630. The van der Waals surface area contributed by atoms with Crippen molar-refractivity contribution in [3.8, 4) is 5.75 Å². The molecule has 1 aliphatic heterocycles. The second kappa shape index (κ2) is 5.59. The summed E-state index contributed by atoms with van der Waals surface area (Å²) in [6.07, 6.45) is 0. The lowest BCUT2D eigenvalue weighted by Gasteiger charge is -2.39. The van der Waals surface area contributed by atoms with E-state index in [0.29, 0.717) is 24.2 Å². The number of para-hydroxylation sites is 1. The number of carbonyl (C=O) groups is 1. The predicted octanol–water partition coefficient (Wildman–Crippen LogP) is 0.416. The van der Waals surface area contributed by atoms with E-state index in [1.54, 1.807) is 30.0 Å². The lowest BCUT2D eigenvalue weighted by Crippen LogP contribution is -2.56. The molecule has 0 radical (unpaired) electrons. The SMILES string of the molecule is Cc1cccc(C(=O)N2CCN(C)CC2CN)c1O. The Labute approximate surface area is 113 Å². The van der Waals surface area contributed by atoms with Crippen LogP contribution in [0.1, 0.15) is 15.9 Å². The minimum atomic E-state index is -0.134. The number of phenols is 1. The van der Waals surface area contributed by atoms with Crippen LogP contribution in [-0.2, 0) is 0 Å². The number of likely N-dealkylation sites (N-methyl/N-ethyl adjacent to an activating group) is 1. The minimum absolute atomic E-state index is 0.00571. The van der Waals surface area contributed by atoms with Gasteiger partial charge in [0.15, 0.2) is 0 Å². The topological polar surface area (TPSA) is 69.8 Å². The van der Waals surface area contributed by atoms with Crippen molar-refractivity contribution in [1.29, 1.82) is 0 Å². The van der Waals surface area contributed by atoms with Gasteiger partial charge in [-0.15, -0.1) is 0 Å². The van der Waals surface area contributed by atoms with Gasteiger partial charge in [-0.05, 0) is 25.6 Å². The van der Waals surface area contributed by atoms with Crippen LogP contribution >= 0.6 is 0 Å². The second-order valence-electron chi connectivity index (χ2n) is 5.12. The van der Waals surface area contributed by atoms with Crippen molar-refractivity contribution >= 4 is 5.91 Å². The summed E-state index contributed by atoms with van der Waals surface area (Å²) in [7, 11) is 2.02. The summed E-state index contributed by atoms with van der Waals surface area (Å²) in [5, 5.41) is 10.0. The number of rotatable bonds is 2.